The van der Waals surface area contributed by atoms with Crippen molar-refractivity contribution in [1.82, 2.24) is 0 Å². The Morgan fingerprint density at radius 1 is 1.71 bits per heavy atom. The molecule has 0 aliphatic carbocycles. The largest absolute Gasteiger partial charge is 1.00 e. The quantitative estimate of drug-likeness (QED) is 0.251. The molecule has 0 aromatic rings. The number of halogens is 1. The van der Waals surface area contributed by atoms with Gasteiger partial charge >= 0.3 is 35.5 Å². The van der Waals surface area contributed by atoms with Crippen LogP contribution >= 0.6 is 0 Å². The molecule has 1 atom stereocenters. The molecule has 0 rings (SSSR count). The predicted octanol–water partition coefficient (Wildman–Crippen LogP) is -2.59. The molecule has 0 radical (unpaired) electrons. The molecule has 0 bridgehead atoms. The van der Waals surface area contributed by atoms with E-state index in [1.54, 1.807) is 0 Å². The summed E-state index contributed by atoms with van der Waals surface area (Å²) in [7, 11) is -4.48. The molecule has 0 amide bonds. The molecule has 0 fully saturated rings. The first-order valence-corrected chi connectivity index (χ1v) is 4.79. The van der Waals surface area contributed by atoms with E-state index in [1.165, 1.54) is 6.92 Å². The number of rotatable bonds is 4. The van der Waals surface area contributed by atoms with Crippen LogP contribution in [0.4, 0.5) is 4.39 Å². The Bertz CT molecular complexity index is 317. The Hall–Kier alpha value is 0.0500. The second-order valence-electron chi connectivity index (χ2n) is 2.34. The molecule has 0 saturated carbocycles. The van der Waals surface area contributed by atoms with E-state index in [0.717, 1.165) is 0 Å². The van der Waals surface area contributed by atoms with Crippen LogP contribution in [0.1, 0.15) is 8.35 Å². The van der Waals surface area contributed by atoms with E-state index >= 15 is 0 Å². The number of esters is 1. The van der Waals surface area contributed by atoms with Crippen LogP contribution in [0.3, 0.4) is 0 Å². The zero-order valence-corrected chi connectivity index (χ0v) is 10.7. The topological polar surface area (TPSA) is 80.7 Å². The molecule has 1 N–H and O–H groups in total. The van der Waals surface area contributed by atoms with E-state index in [1.807, 2.05) is 0 Å². The van der Waals surface area contributed by atoms with Gasteiger partial charge in [-0.3, -0.25) is 4.55 Å². The summed E-state index contributed by atoms with van der Waals surface area (Å²) in [5, 5.41) is 0. The van der Waals surface area contributed by atoms with Gasteiger partial charge in [0.1, 0.15) is 5.75 Å². The third-order valence-corrected chi connectivity index (χ3v) is 1.61. The molecule has 5 nitrogen and oxygen atoms in total. The fourth-order valence-electron chi connectivity index (χ4n) is 0.416. The van der Waals surface area contributed by atoms with Crippen molar-refractivity contribution in [3.05, 3.63) is 12.2 Å². The fraction of sp³-hybridized carbons (Fsp3) is 0.500. The summed E-state index contributed by atoms with van der Waals surface area (Å²) >= 11 is 0. The minimum absolute atomic E-state index is 0. The molecule has 0 aliphatic rings. The number of hydrogen-bond acceptors (Lipinski definition) is 4. The van der Waals surface area contributed by atoms with Crippen LogP contribution in [0.25, 0.3) is 0 Å². The molecule has 0 aromatic heterocycles. The predicted molar refractivity (Wildman–Crippen MR) is 43.3 cm³/mol. The summed E-state index contributed by atoms with van der Waals surface area (Å²) in [6, 6.07) is 0. The van der Waals surface area contributed by atoms with Crippen LogP contribution in [0.2, 0.25) is 0 Å². The second kappa shape index (κ2) is 6.52. The molecule has 0 saturated heterocycles. The Morgan fingerprint density at radius 3 is 2.43 bits per heavy atom. The van der Waals surface area contributed by atoms with Gasteiger partial charge in [0.15, 0.2) is 0 Å². The molecule has 0 spiro atoms. The first kappa shape index (κ1) is 16.5. The molecule has 14 heavy (non-hydrogen) atoms. The molecule has 0 heterocycles. The van der Waals surface area contributed by atoms with E-state index in [4.69, 9.17) is 4.55 Å². The van der Waals surface area contributed by atoms with E-state index < -0.39 is 28.2 Å². The average Bonchev–Trinajstić information content (AvgIpc) is 1.81. The van der Waals surface area contributed by atoms with E-state index in [2.05, 4.69) is 11.3 Å². The zero-order chi connectivity index (χ0) is 10.6. The minimum atomic E-state index is -4.48. The van der Waals surface area contributed by atoms with Crippen LogP contribution in [0.5, 0.6) is 0 Å². The Morgan fingerprint density at radius 2 is 2.14 bits per heavy atom. The smallest absolute Gasteiger partial charge is 1.00 e. The van der Waals surface area contributed by atoms with Gasteiger partial charge in [0.25, 0.3) is 16.5 Å². The Labute approximate surface area is 105 Å². The van der Waals surface area contributed by atoms with Crippen molar-refractivity contribution in [2.45, 2.75) is 13.3 Å². The number of carbonyl (C=O) groups excluding carboxylic acids is 1. The van der Waals surface area contributed by atoms with E-state index in [0.29, 0.717) is 0 Å². The Kier molecular flexibility index (Phi) is 7.67. The van der Waals surface area contributed by atoms with Crippen LogP contribution in [-0.4, -0.2) is 31.1 Å². The number of alkyl halides is 1. The molecule has 1 unspecified atom stereocenters. The number of hydrogen-bond donors (Lipinski definition) is 1. The summed E-state index contributed by atoms with van der Waals surface area (Å²) in [6.07, 6.45) is -2.38. The van der Waals surface area contributed by atoms with E-state index in [9.17, 15) is 17.6 Å². The van der Waals surface area contributed by atoms with Gasteiger partial charge in [-0.05, 0) is 6.92 Å². The summed E-state index contributed by atoms with van der Waals surface area (Å²) in [5.41, 5.74) is -0.0574. The summed E-state index contributed by atoms with van der Waals surface area (Å²) in [4.78, 5) is 10.6. The standard InChI is InChI=1S/C6H9FO5S.Na.H/c1-4(2)6(8)12-5(7)3-13(9,10)11;;/h5H,1,3H2,2H3,(H,9,10,11);;/q;+1;-1. The monoisotopic (exact) mass is 236 g/mol. The first-order valence-electron chi connectivity index (χ1n) is 3.18. The van der Waals surface area contributed by atoms with Crippen LogP contribution < -0.4 is 29.6 Å². The van der Waals surface area contributed by atoms with Gasteiger partial charge in [-0.2, -0.15) is 8.42 Å². The third kappa shape index (κ3) is 8.64. The van der Waals surface area contributed by atoms with Gasteiger partial charge in [0, 0.05) is 5.57 Å². The first-order chi connectivity index (χ1) is 5.72. The molecular formula is C6H10FNaO5S. The van der Waals surface area contributed by atoms with Crippen molar-refractivity contribution < 1.29 is 57.9 Å². The van der Waals surface area contributed by atoms with Gasteiger partial charge in [0.05, 0.1) is 0 Å². The molecule has 8 heteroatoms. The maximum Gasteiger partial charge on any atom is 1.00 e. The van der Waals surface area contributed by atoms with Crippen molar-refractivity contribution >= 4 is 16.1 Å². The van der Waals surface area contributed by atoms with Crippen molar-refractivity contribution in [3.8, 4) is 0 Å². The zero-order valence-electron chi connectivity index (χ0n) is 8.86. The van der Waals surface area contributed by atoms with Crippen LogP contribution in [-0.2, 0) is 19.6 Å². The number of ether oxygens (including phenoxy) is 1. The van der Waals surface area contributed by atoms with E-state index in [-0.39, 0.29) is 36.6 Å². The van der Waals surface area contributed by atoms with Crippen molar-refractivity contribution in [2.75, 3.05) is 5.75 Å². The summed E-state index contributed by atoms with van der Waals surface area (Å²) in [5.74, 6) is -2.32. The van der Waals surface area contributed by atoms with Gasteiger partial charge in [-0.15, -0.1) is 0 Å². The van der Waals surface area contributed by atoms with Crippen molar-refractivity contribution in [2.24, 2.45) is 0 Å². The normalized spacial score (nSPS) is 12.5. The van der Waals surface area contributed by atoms with Gasteiger partial charge < -0.3 is 6.16 Å². The molecule has 78 valence electrons. The van der Waals surface area contributed by atoms with Gasteiger partial charge in [-0.25, -0.2) is 9.18 Å². The fourth-order valence-corrected chi connectivity index (χ4v) is 0.816. The maximum atomic E-state index is 12.5. The SMILES string of the molecule is C=C(C)C(=O)OC(F)CS(=O)(=O)O.[H-].[Na+]. The summed E-state index contributed by atoms with van der Waals surface area (Å²) < 4.78 is 44.8. The molecular weight excluding hydrogens is 226 g/mol. The molecule has 0 aromatic carbocycles. The molecule has 0 aliphatic heterocycles. The van der Waals surface area contributed by atoms with Gasteiger partial charge in [-0.1, -0.05) is 6.58 Å². The van der Waals surface area contributed by atoms with Crippen LogP contribution in [0, 0.1) is 0 Å². The van der Waals surface area contributed by atoms with Crippen molar-refractivity contribution in [1.29, 1.82) is 0 Å². The average molecular weight is 236 g/mol. The minimum Gasteiger partial charge on any atom is -1.00 e. The third-order valence-electron chi connectivity index (χ3n) is 0.925. The maximum absolute atomic E-state index is 12.5. The second-order valence-corrected chi connectivity index (χ2v) is 3.84. The Balaban J connectivity index is -0.000000720. The number of carbonyl (C=O) groups is 1. The van der Waals surface area contributed by atoms with Gasteiger partial charge in [0.2, 0.25) is 0 Å². The van der Waals surface area contributed by atoms with Crippen LogP contribution in [0.15, 0.2) is 12.2 Å². The summed E-state index contributed by atoms with van der Waals surface area (Å²) in [6.45, 7) is 4.43. The van der Waals surface area contributed by atoms with Crippen molar-refractivity contribution in [3.63, 3.8) is 0 Å².